The number of rotatable bonds is 7. The smallest absolute Gasteiger partial charge is 0.323 e. The molecular weight excluding hydrogens is 446 g/mol. The predicted molar refractivity (Wildman–Crippen MR) is 122 cm³/mol. The van der Waals surface area contributed by atoms with Crippen LogP contribution in [0, 0.1) is 6.92 Å². The van der Waals surface area contributed by atoms with Crippen molar-refractivity contribution in [2.24, 2.45) is 0 Å². The molecular formula is C23H22BrN3O3. The van der Waals surface area contributed by atoms with Crippen molar-refractivity contribution in [1.82, 2.24) is 9.97 Å². The first-order chi connectivity index (χ1) is 14.5. The second-order valence-corrected chi connectivity index (χ2v) is 7.87. The van der Waals surface area contributed by atoms with Crippen LogP contribution in [0.3, 0.4) is 0 Å². The van der Waals surface area contributed by atoms with E-state index >= 15 is 0 Å². The largest absolute Gasteiger partial charge is 0.493 e. The van der Waals surface area contributed by atoms with E-state index < -0.39 is 0 Å². The first kappa shape index (κ1) is 20.1. The molecule has 0 saturated carbocycles. The van der Waals surface area contributed by atoms with Gasteiger partial charge in [-0.2, -0.15) is 0 Å². The summed E-state index contributed by atoms with van der Waals surface area (Å²) in [5.74, 6) is 1.34. The number of aromatic nitrogens is 2. The lowest BCUT2D eigenvalue weighted by molar-refractivity contribution is 0.282. The molecule has 1 aromatic heterocycles. The number of nitrogens with one attached hydrogen (secondary N) is 3. The Morgan fingerprint density at radius 1 is 1.03 bits per heavy atom. The molecule has 7 heteroatoms. The molecule has 0 fully saturated rings. The number of H-pyrrole nitrogens is 2. The molecule has 0 amide bonds. The number of halogens is 1. The highest BCUT2D eigenvalue weighted by atomic mass is 79.9. The number of hydrogen-bond acceptors (Lipinski definition) is 4. The number of hydrogen-bond donors (Lipinski definition) is 3. The van der Waals surface area contributed by atoms with Gasteiger partial charge in [0.25, 0.3) is 0 Å². The lowest BCUT2D eigenvalue weighted by Crippen LogP contribution is -2.03. The molecule has 154 valence electrons. The van der Waals surface area contributed by atoms with Crippen LogP contribution in [0.25, 0.3) is 11.0 Å². The van der Waals surface area contributed by atoms with Gasteiger partial charge in [-0.1, -0.05) is 24.3 Å². The van der Waals surface area contributed by atoms with E-state index in [1.165, 1.54) is 5.56 Å². The van der Waals surface area contributed by atoms with Gasteiger partial charge in [0.1, 0.15) is 6.61 Å². The van der Waals surface area contributed by atoms with Crippen molar-refractivity contribution in [3.63, 3.8) is 0 Å². The van der Waals surface area contributed by atoms with E-state index in [1.54, 1.807) is 7.11 Å². The van der Waals surface area contributed by atoms with E-state index in [9.17, 15) is 4.79 Å². The number of ether oxygens (including phenoxy) is 2. The molecule has 30 heavy (non-hydrogen) atoms. The van der Waals surface area contributed by atoms with Crippen LogP contribution in [0.1, 0.15) is 16.7 Å². The lowest BCUT2D eigenvalue weighted by atomic mass is 10.1. The van der Waals surface area contributed by atoms with E-state index in [-0.39, 0.29) is 5.69 Å². The summed E-state index contributed by atoms with van der Waals surface area (Å²) in [6.45, 7) is 3.13. The average Bonchev–Trinajstić information content (AvgIpc) is 3.11. The van der Waals surface area contributed by atoms with E-state index in [0.29, 0.717) is 24.7 Å². The van der Waals surface area contributed by atoms with Crippen molar-refractivity contribution in [1.29, 1.82) is 0 Å². The van der Waals surface area contributed by atoms with E-state index in [4.69, 9.17) is 9.47 Å². The number of aryl methyl sites for hydroxylation is 1. The molecule has 0 saturated heterocycles. The van der Waals surface area contributed by atoms with Gasteiger partial charge >= 0.3 is 5.69 Å². The van der Waals surface area contributed by atoms with Crippen LogP contribution in [0.5, 0.6) is 11.5 Å². The summed E-state index contributed by atoms with van der Waals surface area (Å²) in [4.78, 5) is 16.9. The third-order valence-electron chi connectivity index (χ3n) is 4.94. The van der Waals surface area contributed by atoms with Gasteiger partial charge in [-0.05, 0) is 69.9 Å². The lowest BCUT2D eigenvalue weighted by Gasteiger charge is -2.16. The zero-order chi connectivity index (χ0) is 21.1. The molecule has 0 radical (unpaired) electrons. The summed E-state index contributed by atoms with van der Waals surface area (Å²) in [6, 6.07) is 17.8. The zero-order valence-electron chi connectivity index (χ0n) is 16.7. The van der Waals surface area contributed by atoms with Gasteiger partial charge in [0, 0.05) is 12.2 Å². The Bertz CT molecular complexity index is 1250. The maximum Gasteiger partial charge on any atom is 0.323 e. The van der Waals surface area contributed by atoms with Gasteiger partial charge in [0.05, 0.1) is 22.6 Å². The standard InChI is InChI=1S/C23H22BrN3O3/c1-14-5-3-4-6-16(14)13-30-22-18(24)9-15(10-21(22)29-2)12-25-17-7-8-19-20(11-17)27-23(28)26-19/h3-11,25H,12-13H2,1-2H3,(H2,26,27,28). The molecule has 6 nitrogen and oxygen atoms in total. The monoisotopic (exact) mass is 467 g/mol. The fourth-order valence-corrected chi connectivity index (χ4v) is 3.89. The molecule has 0 bridgehead atoms. The minimum atomic E-state index is -0.211. The van der Waals surface area contributed by atoms with Gasteiger partial charge in [0.2, 0.25) is 0 Å². The van der Waals surface area contributed by atoms with Crippen molar-refractivity contribution >= 4 is 32.7 Å². The van der Waals surface area contributed by atoms with E-state index in [1.807, 2.05) is 42.5 Å². The predicted octanol–water partition coefficient (Wildman–Crippen LogP) is 5.13. The van der Waals surface area contributed by atoms with Gasteiger partial charge in [-0.3, -0.25) is 0 Å². The van der Waals surface area contributed by atoms with Crippen LogP contribution in [0.15, 0.2) is 63.9 Å². The fourth-order valence-electron chi connectivity index (χ4n) is 3.28. The van der Waals surface area contributed by atoms with Crippen LogP contribution in [-0.4, -0.2) is 17.1 Å². The number of fused-ring (bicyclic) bond motifs is 1. The Labute approximate surface area is 182 Å². The van der Waals surface area contributed by atoms with Crippen LogP contribution >= 0.6 is 15.9 Å². The Hall–Kier alpha value is -3.19. The first-order valence-corrected chi connectivity index (χ1v) is 10.3. The molecule has 4 aromatic rings. The summed E-state index contributed by atoms with van der Waals surface area (Å²) < 4.78 is 12.5. The van der Waals surface area contributed by atoms with Crippen molar-refractivity contribution in [3.8, 4) is 11.5 Å². The Kier molecular flexibility index (Phi) is 5.81. The number of methoxy groups -OCH3 is 1. The minimum absolute atomic E-state index is 0.211. The summed E-state index contributed by atoms with van der Waals surface area (Å²) in [7, 11) is 1.63. The van der Waals surface area contributed by atoms with Crippen LogP contribution in [0.4, 0.5) is 5.69 Å². The number of imidazole rings is 1. The highest BCUT2D eigenvalue weighted by Gasteiger charge is 2.13. The quantitative estimate of drug-likeness (QED) is 0.352. The number of benzene rings is 3. The molecule has 3 aromatic carbocycles. The Balaban J connectivity index is 1.49. The summed E-state index contributed by atoms with van der Waals surface area (Å²) in [6.07, 6.45) is 0. The topological polar surface area (TPSA) is 79.1 Å². The number of anilines is 1. The van der Waals surface area contributed by atoms with Crippen molar-refractivity contribution < 1.29 is 9.47 Å². The van der Waals surface area contributed by atoms with Gasteiger partial charge in [0.15, 0.2) is 11.5 Å². The van der Waals surface area contributed by atoms with Gasteiger partial charge < -0.3 is 24.8 Å². The van der Waals surface area contributed by atoms with Crippen molar-refractivity contribution in [2.45, 2.75) is 20.1 Å². The van der Waals surface area contributed by atoms with Crippen LogP contribution < -0.4 is 20.5 Å². The Morgan fingerprint density at radius 2 is 1.83 bits per heavy atom. The minimum Gasteiger partial charge on any atom is -0.493 e. The molecule has 4 rings (SSSR count). The van der Waals surface area contributed by atoms with Crippen molar-refractivity contribution in [2.75, 3.05) is 12.4 Å². The van der Waals surface area contributed by atoms with Gasteiger partial charge in [-0.25, -0.2) is 4.79 Å². The molecule has 0 aliphatic heterocycles. The normalized spacial score (nSPS) is 10.9. The molecule has 1 heterocycles. The second kappa shape index (κ2) is 8.67. The molecule has 0 aliphatic carbocycles. The third kappa shape index (κ3) is 4.36. The van der Waals surface area contributed by atoms with E-state index in [0.717, 1.165) is 32.3 Å². The van der Waals surface area contributed by atoms with Crippen LogP contribution in [0.2, 0.25) is 0 Å². The molecule has 0 spiro atoms. The highest BCUT2D eigenvalue weighted by molar-refractivity contribution is 9.10. The highest BCUT2D eigenvalue weighted by Crippen LogP contribution is 2.37. The first-order valence-electron chi connectivity index (χ1n) is 9.53. The molecule has 3 N–H and O–H groups in total. The second-order valence-electron chi connectivity index (χ2n) is 7.02. The van der Waals surface area contributed by atoms with Crippen molar-refractivity contribution in [3.05, 3.63) is 86.2 Å². The Morgan fingerprint density at radius 3 is 2.63 bits per heavy atom. The SMILES string of the molecule is COc1cc(CNc2ccc3[nH]c(=O)[nH]c3c2)cc(Br)c1OCc1ccccc1C. The summed E-state index contributed by atoms with van der Waals surface area (Å²) in [5.41, 5.74) is 5.60. The fraction of sp³-hybridized carbons (Fsp3) is 0.174. The summed E-state index contributed by atoms with van der Waals surface area (Å²) >= 11 is 3.62. The van der Waals surface area contributed by atoms with Crippen LogP contribution in [-0.2, 0) is 13.2 Å². The third-order valence-corrected chi connectivity index (χ3v) is 5.52. The number of aromatic amines is 2. The maximum absolute atomic E-state index is 11.4. The molecule has 0 unspecified atom stereocenters. The zero-order valence-corrected chi connectivity index (χ0v) is 18.3. The molecule has 0 aliphatic rings. The molecule has 0 atom stereocenters. The average molecular weight is 468 g/mol. The van der Waals surface area contributed by atoms with E-state index in [2.05, 4.69) is 50.3 Å². The maximum atomic E-state index is 11.4. The van der Waals surface area contributed by atoms with Gasteiger partial charge in [-0.15, -0.1) is 0 Å². The summed E-state index contributed by atoms with van der Waals surface area (Å²) in [5, 5.41) is 3.37.